The normalized spacial score (nSPS) is 13.1. The van der Waals surface area contributed by atoms with Crippen LogP contribution in [0.5, 0.6) is 0 Å². The number of nitrogens with zero attached hydrogens (tertiary/aromatic N) is 3. The molecule has 1 aliphatic rings. The lowest BCUT2D eigenvalue weighted by Gasteiger charge is -2.22. The molecule has 0 saturated heterocycles. The molecule has 9 aromatic carbocycles. The largest absolute Gasteiger partial charge is 0.208 e. The summed E-state index contributed by atoms with van der Waals surface area (Å²) in [5, 5.41) is 9.92. The van der Waals surface area contributed by atoms with Crippen molar-refractivity contribution in [1.82, 2.24) is 15.0 Å². The molecule has 0 radical (unpaired) electrons. The first-order valence-corrected chi connectivity index (χ1v) is 18.9. The molecule has 0 fully saturated rings. The summed E-state index contributed by atoms with van der Waals surface area (Å²) in [7, 11) is 0. The summed E-state index contributed by atoms with van der Waals surface area (Å²) in [4.78, 5) is 15.1. The van der Waals surface area contributed by atoms with Gasteiger partial charge in [-0.25, -0.2) is 15.0 Å². The minimum atomic E-state index is -0.0288. The summed E-state index contributed by atoms with van der Waals surface area (Å²) in [6.45, 7) is 4.71. The van der Waals surface area contributed by atoms with Gasteiger partial charge in [0.2, 0.25) is 0 Å². The molecule has 0 amide bonds. The number of benzene rings is 9. The van der Waals surface area contributed by atoms with Crippen LogP contribution in [-0.2, 0) is 5.41 Å². The summed E-state index contributed by atoms with van der Waals surface area (Å²) in [5.74, 6) is 1.97. The van der Waals surface area contributed by atoms with E-state index in [-0.39, 0.29) is 5.41 Å². The number of hydrogen-bond donors (Lipinski definition) is 0. The number of rotatable bonds is 4. The second kappa shape index (κ2) is 12.0. The van der Waals surface area contributed by atoms with Crippen molar-refractivity contribution in [2.45, 2.75) is 19.3 Å². The Morgan fingerprint density at radius 1 is 0.327 bits per heavy atom. The molecule has 258 valence electrons. The van der Waals surface area contributed by atoms with Crippen molar-refractivity contribution in [3.8, 4) is 56.4 Å². The van der Waals surface area contributed by atoms with Gasteiger partial charge in [-0.3, -0.25) is 0 Å². The first-order valence-electron chi connectivity index (χ1n) is 18.9. The van der Waals surface area contributed by atoms with Crippen molar-refractivity contribution in [3.05, 3.63) is 187 Å². The van der Waals surface area contributed by atoms with Crippen LogP contribution in [0.1, 0.15) is 25.0 Å². The SMILES string of the molecule is CC1(C)c2ccccc2-c2cc3c(ccc4ccc5cc(-c6cccc7c(-c8nc(-c9ccccc9)nc(-c9ccccc9)n8)cccc67)ccc5c43)cc21. The molecule has 0 unspecified atom stereocenters. The summed E-state index contributed by atoms with van der Waals surface area (Å²) in [6, 6.07) is 63.2. The molecule has 55 heavy (non-hydrogen) atoms. The van der Waals surface area contributed by atoms with E-state index >= 15 is 0 Å². The third-order valence-corrected chi connectivity index (χ3v) is 11.7. The standard InChI is InChI=1S/C52H35N3/c1-52(2)46-22-10-9-17-42(46)45-31-44-37(30-47(45)52)26-24-32-23-25-36-29-35(27-28-39(36)48(32)44)38-18-11-20-41-40(38)19-12-21-43(41)51-54-49(33-13-5-3-6-14-33)53-50(55-51)34-15-7-4-8-16-34/h3-31H,1-2H3. The van der Waals surface area contributed by atoms with Gasteiger partial charge >= 0.3 is 0 Å². The third kappa shape index (κ3) is 4.93. The molecule has 3 nitrogen and oxygen atoms in total. The van der Waals surface area contributed by atoms with Crippen LogP contribution >= 0.6 is 0 Å². The Bertz CT molecular complexity index is 3110. The number of hydrogen-bond acceptors (Lipinski definition) is 3. The summed E-state index contributed by atoms with van der Waals surface area (Å²) in [6.07, 6.45) is 0. The zero-order valence-electron chi connectivity index (χ0n) is 30.6. The quantitative estimate of drug-likeness (QED) is 0.171. The number of aromatic nitrogens is 3. The highest BCUT2D eigenvalue weighted by Gasteiger charge is 2.35. The van der Waals surface area contributed by atoms with Crippen LogP contribution < -0.4 is 0 Å². The average molecular weight is 702 g/mol. The van der Waals surface area contributed by atoms with Gasteiger partial charge in [0, 0.05) is 22.1 Å². The predicted octanol–water partition coefficient (Wildman–Crippen LogP) is 13.5. The molecular formula is C52H35N3. The molecule has 10 aromatic rings. The fourth-order valence-corrected chi connectivity index (χ4v) is 8.94. The van der Waals surface area contributed by atoms with E-state index in [0.717, 1.165) is 27.5 Å². The van der Waals surface area contributed by atoms with Gasteiger partial charge in [-0.05, 0) is 94.7 Å². The molecule has 1 aliphatic carbocycles. The Hall–Kier alpha value is -6.97. The van der Waals surface area contributed by atoms with E-state index in [2.05, 4.69) is 129 Å². The molecule has 1 aromatic heterocycles. The molecule has 0 N–H and O–H groups in total. The molecule has 0 aliphatic heterocycles. The van der Waals surface area contributed by atoms with E-state index in [1.165, 1.54) is 65.7 Å². The maximum Gasteiger partial charge on any atom is 0.164 e. The van der Waals surface area contributed by atoms with E-state index in [4.69, 9.17) is 15.0 Å². The summed E-state index contributed by atoms with van der Waals surface area (Å²) < 4.78 is 0. The second-order valence-corrected chi connectivity index (χ2v) is 15.2. The molecule has 3 heteroatoms. The summed E-state index contributed by atoms with van der Waals surface area (Å²) in [5.41, 5.74) is 10.7. The second-order valence-electron chi connectivity index (χ2n) is 15.2. The van der Waals surface area contributed by atoms with Crippen LogP contribution in [0.3, 0.4) is 0 Å². The van der Waals surface area contributed by atoms with Crippen molar-refractivity contribution in [3.63, 3.8) is 0 Å². The molecule has 0 bridgehead atoms. The fourth-order valence-electron chi connectivity index (χ4n) is 8.94. The van der Waals surface area contributed by atoms with Crippen LogP contribution in [0.4, 0.5) is 0 Å². The van der Waals surface area contributed by atoms with E-state index in [1.54, 1.807) is 0 Å². The molecule has 1 heterocycles. The molecule has 0 spiro atoms. The van der Waals surface area contributed by atoms with Gasteiger partial charge in [-0.15, -0.1) is 0 Å². The topological polar surface area (TPSA) is 38.7 Å². The van der Waals surface area contributed by atoms with Gasteiger partial charge in [0.05, 0.1) is 0 Å². The minimum Gasteiger partial charge on any atom is -0.208 e. The highest BCUT2D eigenvalue weighted by molar-refractivity contribution is 6.21. The Balaban J connectivity index is 1.07. The molecular weight excluding hydrogens is 667 g/mol. The van der Waals surface area contributed by atoms with Crippen LogP contribution in [0.15, 0.2) is 176 Å². The van der Waals surface area contributed by atoms with E-state index in [1.807, 2.05) is 60.7 Å². The lowest BCUT2D eigenvalue weighted by Crippen LogP contribution is -2.14. The Labute approximate surface area is 319 Å². The van der Waals surface area contributed by atoms with Crippen molar-refractivity contribution in [1.29, 1.82) is 0 Å². The zero-order chi connectivity index (χ0) is 36.7. The Morgan fingerprint density at radius 3 is 1.60 bits per heavy atom. The van der Waals surface area contributed by atoms with Crippen molar-refractivity contribution in [2.24, 2.45) is 0 Å². The van der Waals surface area contributed by atoms with Crippen molar-refractivity contribution >= 4 is 43.1 Å². The van der Waals surface area contributed by atoms with Gasteiger partial charge in [0.15, 0.2) is 17.5 Å². The van der Waals surface area contributed by atoms with Gasteiger partial charge in [-0.1, -0.05) is 172 Å². The molecule has 0 atom stereocenters. The van der Waals surface area contributed by atoms with Crippen LogP contribution in [0.2, 0.25) is 0 Å². The van der Waals surface area contributed by atoms with E-state index < -0.39 is 0 Å². The van der Waals surface area contributed by atoms with Crippen molar-refractivity contribution < 1.29 is 0 Å². The molecule has 0 saturated carbocycles. The maximum absolute atomic E-state index is 5.07. The smallest absolute Gasteiger partial charge is 0.164 e. The predicted molar refractivity (Wildman–Crippen MR) is 229 cm³/mol. The van der Waals surface area contributed by atoms with Gasteiger partial charge in [0.1, 0.15) is 0 Å². The van der Waals surface area contributed by atoms with Gasteiger partial charge in [-0.2, -0.15) is 0 Å². The van der Waals surface area contributed by atoms with Crippen LogP contribution in [-0.4, -0.2) is 15.0 Å². The molecule has 11 rings (SSSR count). The zero-order valence-corrected chi connectivity index (χ0v) is 30.6. The average Bonchev–Trinajstić information content (AvgIpc) is 3.47. The lowest BCUT2D eigenvalue weighted by molar-refractivity contribution is 0.661. The van der Waals surface area contributed by atoms with Crippen LogP contribution in [0, 0.1) is 0 Å². The number of fused-ring (bicyclic) bond motifs is 9. The Kier molecular flexibility index (Phi) is 6.90. The van der Waals surface area contributed by atoms with E-state index in [0.29, 0.717) is 17.5 Å². The maximum atomic E-state index is 5.07. The minimum absolute atomic E-state index is 0.0288. The lowest BCUT2D eigenvalue weighted by atomic mass is 9.81. The third-order valence-electron chi connectivity index (χ3n) is 11.7. The highest BCUT2D eigenvalue weighted by Crippen LogP contribution is 2.50. The van der Waals surface area contributed by atoms with E-state index in [9.17, 15) is 0 Å². The van der Waals surface area contributed by atoms with Gasteiger partial charge in [0.25, 0.3) is 0 Å². The fraction of sp³-hybridized carbons (Fsp3) is 0.0577. The highest BCUT2D eigenvalue weighted by atomic mass is 15.0. The van der Waals surface area contributed by atoms with Gasteiger partial charge < -0.3 is 0 Å². The monoisotopic (exact) mass is 701 g/mol. The Morgan fingerprint density at radius 2 is 0.891 bits per heavy atom. The summed E-state index contributed by atoms with van der Waals surface area (Å²) >= 11 is 0. The first kappa shape index (κ1) is 31.5. The van der Waals surface area contributed by atoms with Crippen molar-refractivity contribution in [2.75, 3.05) is 0 Å². The first-order chi connectivity index (χ1) is 27.0. The van der Waals surface area contributed by atoms with Crippen LogP contribution in [0.25, 0.3) is 99.5 Å².